The first-order valence-corrected chi connectivity index (χ1v) is 6.49. The van der Waals surface area contributed by atoms with Crippen LogP contribution in [0, 0.1) is 5.41 Å². The smallest absolute Gasteiger partial charge is 0.250 e. The molecule has 1 aromatic rings. The van der Waals surface area contributed by atoms with Gasteiger partial charge in [-0.15, -0.1) is 0 Å². The van der Waals surface area contributed by atoms with Gasteiger partial charge in [-0.1, -0.05) is 13.3 Å². The van der Waals surface area contributed by atoms with Crippen LogP contribution < -0.4 is 16.8 Å². The summed E-state index contributed by atoms with van der Waals surface area (Å²) in [5.41, 5.74) is 13.3. The van der Waals surface area contributed by atoms with Gasteiger partial charge in [0.2, 0.25) is 0 Å². The highest BCUT2D eigenvalue weighted by molar-refractivity contribution is 5.99. The predicted molar refractivity (Wildman–Crippen MR) is 74.4 cm³/mol. The molecule has 18 heavy (non-hydrogen) atoms. The van der Waals surface area contributed by atoms with Crippen molar-refractivity contribution in [1.29, 1.82) is 0 Å². The van der Waals surface area contributed by atoms with Crippen LogP contribution in [-0.4, -0.2) is 12.5 Å². The van der Waals surface area contributed by atoms with Crippen molar-refractivity contribution in [3.05, 3.63) is 23.8 Å². The van der Waals surface area contributed by atoms with Gasteiger partial charge in [-0.2, -0.15) is 0 Å². The van der Waals surface area contributed by atoms with Crippen molar-refractivity contribution in [3.8, 4) is 0 Å². The lowest BCUT2D eigenvalue weighted by Gasteiger charge is -2.17. The van der Waals surface area contributed by atoms with Gasteiger partial charge in [-0.3, -0.25) is 4.79 Å². The summed E-state index contributed by atoms with van der Waals surface area (Å²) in [7, 11) is 0. The molecule has 0 atom stereocenters. The van der Waals surface area contributed by atoms with Crippen molar-refractivity contribution in [1.82, 2.24) is 0 Å². The first kappa shape index (κ1) is 12.7. The average molecular weight is 247 g/mol. The summed E-state index contributed by atoms with van der Waals surface area (Å²) in [5.74, 6) is -0.440. The van der Waals surface area contributed by atoms with E-state index in [9.17, 15) is 4.79 Å². The van der Waals surface area contributed by atoms with Crippen molar-refractivity contribution >= 4 is 17.3 Å². The van der Waals surface area contributed by atoms with Crippen LogP contribution in [0.3, 0.4) is 0 Å². The predicted octanol–water partition coefficient (Wildman–Crippen LogP) is 2.36. The zero-order valence-corrected chi connectivity index (χ0v) is 10.8. The minimum atomic E-state index is -0.440. The Hall–Kier alpha value is -1.71. The molecule has 0 heterocycles. The van der Waals surface area contributed by atoms with E-state index < -0.39 is 5.91 Å². The molecule has 1 aromatic carbocycles. The second-order valence-corrected chi connectivity index (χ2v) is 5.27. The first-order valence-electron chi connectivity index (χ1n) is 6.49. The van der Waals surface area contributed by atoms with Crippen molar-refractivity contribution in [2.24, 2.45) is 11.1 Å². The Balaban J connectivity index is 2.07. The molecule has 1 aliphatic rings. The number of hydrogen-bond donors (Lipinski definition) is 3. The van der Waals surface area contributed by atoms with Crippen molar-refractivity contribution in [2.45, 2.75) is 32.6 Å². The van der Waals surface area contributed by atoms with Crippen LogP contribution in [-0.2, 0) is 0 Å². The average Bonchev–Trinajstić information content (AvgIpc) is 3.08. The van der Waals surface area contributed by atoms with E-state index in [0.29, 0.717) is 16.7 Å². The van der Waals surface area contributed by atoms with Gasteiger partial charge in [-0.25, -0.2) is 0 Å². The van der Waals surface area contributed by atoms with Gasteiger partial charge in [0.25, 0.3) is 5.91 Å². The van der Waals surface area contributed by atoms with E-state index >= 15 is 0 Å². The lowest BCUT2D eigenvalue weighted by molar-refractivity contribution is 0.100. The molecule has 0 aliphatic heterocycles. The number of hydrogen-bond acceptors (Lipinski definition) is 3. The molecule has 1 amide bonds. The second-order valence-electron chi connectivity index (χ2n) is 5.27. The third-order valence-corrected chi connectivity index (χ3v) is 3.70. The second kappa shape index (κ2) is 4.88. The Labute approximate surface area is 108 Å². The number of rotatable bonds is 6. The van der Waals surface area contributed by atoms with Crippen LogP contribution in [0.25, 0.3) is 0 Å². The van der Waals surface area contributed by atoms with Crippen molar-refractivity contribution in [3.63, 3.8) is 0 Å². The molecule has 5 N–H and O–H groups in total. The third kappa shape index (κ3) is 2.75. The van der Waals surface area contributed by atoms with Gasteiger partial charge < -0.3 is 16.8 Å². The fourth-order valence-electron chi connectivity index (χ4n) is 2.42. The van der Waals surface area contributed by atoms with E-state index in [1.54, 1.807) is 12.1 Å². The SMILES string of the molecule is CCCC1(CNc2ccc(N)cc2C(N)=O)CC1. The maximum atomic E-state index is 11.4. The Morgan fingerprint density at radius 3 is 2.72 bits per heavy atom. The van der Waals surface area contributed by atoms with Crippen molar-refractivity contribution < 1.29 is 4.79 Å². The highest BCUT2D eigenvalue weighted by Crippen LogP contribution is 2.49. The molecule has 1 aliphatic carbocycles. The standard InChI is InChI=1S/C14H21N3O/c1-2-5-14(6-7-14)9-17-12-4-3-10(15)8-11(12)13(16)18/h3-4,8,17H,2,5-7,9,15H2,1H3,(H2,16,18). The van der Waals surface area contributed by atoms with Crippen LogP contribution >= 0.6 is 0 Å². The number of primary amides is 1. The van der Waals surface area contributed by atoms with Crippen LogP contribution in [0.4, 0.5) is 11.4 Å². The van der Waals surface area contributed by atoms with Gasteiger partial charge in [-0.05, 0) is 42.9 Å². The summed E-state index contributed by atoms with van der Waals surface area (Å²) >= 11 is 0. The topological polar surface area (TPSA) is 81.1 Å². The van der Waals surface area contributed by atoms with E-state index in [2.05, 4.69) is 12.2 Å². The van der Waals surface area contributed by atoms with Gasteiger partial charge in [0.15, 0.2) is 0 Å². The molecule has 0 radical (unpaired) electrons. The zero-order valence-electron chi connectivity index (χ0n) is 10.8. The maximum absolute atomic E-state index is 11.4. The van der Waals surface area contributed by atoms with Crippen molar-refractivity contribution in [2.75, 3.05) is 17.6 Å². The molecule has 1 fully saturated rings. The lowest BCUT2D eigenvalue weighted by Crippen LogP contribution is -2.19. The summed E-state index contributed by atoms with van der Waals surface area (Å²) < 4.78 is 0. The molecule has 0 bridgehead atoms. The Morgan fingerprint density at radius 2 is 2.17 bits per heavy atom. The molecule has 1 saturated carbocycles. The molecule has 0 saturated heterocycles. The van der Waals surface area contributed by atoms with Crippen LogP contribution in [0.15, 0.2) is 18.2 Å². The summed E-state index contributed by atoms with van der Waals surface area (Å²) in [6.45, 7) is 3.11. The van der Waals surface area contributed by atoms with Crippen LogP contribution in [0.1, 0.15) is 43.0 Å². The highest BCUT2D eigenvalue weighted by Gasteiger charge is 2.41. The van der Waals surface area contributed by atoms with E-state index in [1.807, 2.05) is 6.07 Å². The first-order chi connectivity index (χ1) is 8.56. The van der Waals surface area contributed by atoms with E-state index in [0.717, 1.165) is 12.2 Å². The van der Waals surface area contributed by atoms with Gasteiger partial charge >= 0.3 is 0 Å². The van der Waals surface area contributed by atoms with Crippen LogP contribution in [0.2, 0.25) is 0 Å². The molecule has 0 spiro atoms. The number of nitrogens with two attached hydrogens (primary N) is 2. The normalized spacial score (nSPS) is 16.3. The summed E-state index contributed by atoms with van der Waals surface area (Å²) in [4.78, 5) is 11.4. The highest BCUT2D eigenvalue weighted by atomic mass is 16.1. The largest absolute Gasteiger partial charge is 0.399 e. The minimum Gasteiger partial charge on any atom is -0.399 e. The number of carbonyl (C=O) groups excluding carboxylic acids is 1. The number of carbonyl (C=O) groups is 1. The molecule has 98 valence electrons. The molecule has 2 rings (SSSR count). The Morgan fingerprint density at radius 1 is 1.44 bits per heavy atom. The summed E-state index contributed by atoms with van der Waals surface area (Å²) in [5, 5.41) is 3.35. The van der Waals surface area contributed by atoms with Crippen LogP contribution in [0.5, 0.6) is 0 Å². The molecule has 4 heteroatoms. The van der Waals surface area contributed by atoms with E-state index in [4.69, 9.17) is 11.5 Å². The zero-order chi connectivity index (χ0) is 13.2. The quantitative estimate of drug-likeness (QED) is 0.675. The summed E-state index contributed by atoms with van der Waals surface area (Å²) in [6, 6.07) is 5.25. The fraction of sp³-hybridized carbons (Fsp3) is 0.500. The van der Waals surface area contributed by atoms with Gasteiger partial charge in [0, 0.05) is 17.9 Å². The fourth-order valence-corrected chi connectivity index (χ4v) is 2.42. The molecular weight excluding hydrogens is 226 g/mol. The maximum Gasteiger partial charge on any atom is 0.250 e. The Kier molecular flexibility index (Phi) is 3.45. The minimum absolute atomic E-state index is 0.436. The molecular formula is C14H21N3O. The van der Waals surface area contributed by atoms with E-state index in [-0.39, 0.29) is 0 Å². The van der Waals surface area contributed by atoms with Gasteiger partial charge in [0.05, 0.1) is 5.56 Å². The molecule has 0 unspecified atom stereocenters. The van der Waals surface area contributed by atoms with Gasteiger partial charge in [0.1, 0.15) is 0 Å². The number of nitrogens with one attached hydrogen (secondary N) is 1. The number of nitrogen functional groups attached to an aromatic ring is 1. The summed E-state index contributed by atoms with van der Waals surface area (Å²) in [6.07, 6.45) is 4.98. The van der Waals surface area contributed by atoms with E-state index in [1.165, 1.54) is 25.7 Å². The third-order valence-electron chi connectivity index (χ3n) is 3.70. The number of amides is 1. The number of benzene rings is 1. The lowest BCUT2D eigenvalue weighted by atomic mass is 10.0. The Bertz CT molecular complexity index is 452. The number of anilines is 2. The molecule has 0 aromatic heterocycles. The monoisotopic (exact) mass is 247 g/mol. The molecule has 4 nitrogen and oxygen atoms in total.